The fourth-order valence-corrected chi connectivity index (χ4v) is 3.11. The number of piperidine rings is 1. The Morgan fingerprint density at radius 2 is 1.88 bits per heavy atom. The molecule has 2 fully saturated rings. The molecule has 94 valence electrons. The van der Waals surface area contributed by atoms with Gasteiger partial charge in [-0.15, -0.1) is 0 Å². The van der Waals surface area contributed by atoms with Gasteiger partial charge in [-0.2, -0.15) is 0 Å². The summed E-state index contributed by atoms with van der Waals surface area (Å²) in [6.45, 7) is 15.7. The van der Waals surface area contributed by atoms with Crippen molar-refractivity contribution in [3.8, 4) is 0 Å². The summed E-state index contributed by atoms with van der Waals surface area (Å²) in [6.07, 6.45) is 1.31. The highest BCUT2D eigenvalue weighted by Gasteiger charge is 2.37. The lowest BCUT2D eigenvalue weighted by atomic mass is 9.77. The van der Waals surface area contributed by atoms with Crippen LogP contribution in [0, 0.1) is 5.41 Å². The lowest BCUT2D eigenvalue weighted by Gasteiger charge is -2.48. The maximum absolute atomic E-state index is 3.56. The molecule has 1 unspecified atom stereocenters. The summed E-state index contributed by atoms with van der Waals surface area (Å²) in [7, 11) is 0. The van der Waals surface area contributed by atoms with Gasteiger partial charge in [0.1, 0.15) is 0 Å². The van der Waals surface area contributed by atoms with E-state index in [9.17, 15) is 0 Å². The van der Waals surface area contributed by atoms with E-state index in [2.05, 4.69) is 35.9 Å². The maximum atomic E-state index is 3.56. The van der Waals surface area contributed by atoms with Crippen molar-refractivity contribution >= 4 is 0 Å². The second-order valence-corrected chi connectivity index (χ2v) is 5.93. The van der Waals surface area contributed by atoms with Gasteiger partial charge in [0.25, 0.3) is 0 Å². The summed E-state index contributed by atoms with van der Waals surface area (Å²) in [5, 5.41) is 3.56. The summed E-state index contributed by atoms with van der Waals surface area (Å²) in [5.41, 5.74) is 0.486. The Bertz CT molecular complexity index is 219. The Hall–Kier alpha value is -0.120. The molecular formula is C13H27N3. The first kappa shape index (κ1) is 12.3. The number of hydrogen-bond donors (Lipinski definition) is 1. The molecule has 0 aliphatic carbocycles. The minimum absolute atomic E-state index is 0.486. The summed E-state index contributed by atoms with van der Waals surface area (Å²) < 4.78 is 0. The summed E-state index contributed by atoms with van der Waals surface area (Å²) in [4.78, 5) is 5.26. The van der Waals surface area contributed by atoms with Crippen LogP contribution in [0.15, 0.2) is 0 Å². The van der Waals surface area contributed by atoms with Crippen LogP contribution in [0.25, 0.3) is 0 Å². The van der Waals surface area contributed by atoms with Crippen molar-refractivity contribution in [2.24, 2.45) is 5.41 Å². The first-order valence-electron chi connectivity index (χ1n) is 6.80. The number of nitrogens with one attached hydrogen (secondary N) is 1. The smallest absolute Gasteiger partial charge is 0.0273 e. The van der Waals surface area contributed by atoms with Crippen LogP contribution >= 0.6 is 0 Å². The van der Waals surface area contributed by atoms with Crippen LogP contribution in [0.4, 0.5) is 0 Å². The fourth-order valence-electron chi connectivity index (χ4n) is 3.11. The highest BCUT2D eigenvalue weighted by Crippen LogP contribution is 2.31. The van der Waals surface area contributed by atoms with Gasteiger partial charge < -0.3 is 10.2 Å². The molecule has 1 atom stereocenters. The number of likely N-dealkylation sites (N-methyl/N-ethyl adjacent to an activating group) is 1. The normalized spacial score (nSPS) is 32.8. The van der Waals surface area contributed by atoms with Gasteiger partial charge in [-0.05, 0) is 24.9 Å². The molecule has 2 aliphatic heterocycles. The average molecular weight is 225 g/mol. The summed E-state index contributed by atoms with van der Waals surface area (Å²) >= 11 is 0. The van der Waals surface area contributed by atoms with Crippen molar-refractivity contribution in [3.05, 3.63) is 0 Å². The zero-order valence-electron chi connectivity index (χ0n) is 11.1. The van der Waals surface area contributed by atoms with Gasteiger partial charge in [-0.25, -0.2) is 0 Å². The monoisotopic (exact) mass is 225 g/mol. The third-order valence-corrected chi connectivity index (χ3v) is 4.48. The number of hydrogen-bond acceptors (Lipinski definition) is 3. The molecule has 1 N–H and O–H groups in total. The molecule has 0 bridgehead atoms. The highest BCUT2D eigenvalue weighted by atomic mass is 15.3. The van der Waals surface area contributed by atoms with E-state index in [4.69, 9.17) is 0 Å². The lowest BCUT2D eigenvalue weighted by Crippen LogP contribution is -2.60. The van der Waals surface area contributed by atoms with Crippen molar-refractivity contribution in [2.45, 2.75) is 33.2 Å². The van der Waals surface area contributed by atoms with E-state index >= 15 is 0 Å². The number of nitrogens with zero attached hydrogens (tertiary/aromatic N) is 2. The van der Waals surface area contributed by atoms with Crippen LogP contribution in [-0.2, 0) is 0 Å². The summed E-state index contributed by atoms with van der Waals surface area (Å²) in [6, 6.07) is 0.736. The molecular weight excluding hydrogens is 198 g/mol. The Kier molecular flexibility index (Phi) is 3.88. The standard InChI is InChI=1S/C13H27N3/c1-4-15-7-9-16(10-8-15)12-11-14-6-5-13(12,2)3/h12,14H,4-11H2,1-3H3. The molecule has 16 heavy (non-hydrogen) atoms. The molecule has 2 heterocycles. The van der Waals surface area contributed by atoms with Gasteiger partial charge in [0.15, 0.2) is 0 Å². The number of rotatable bonds is 2. The molecule has 0 saturated carbocycles. The average Bonchev–Trinajstić information content (AvgIpc) is 2.29. The van der Waals surface area contributed by atoms with Gasteiger partial charge in [0.05, 0.1) is 0 Å². The van der Waals surface area contributed by atoms with Gasteiger partial charge in [-0.1, -0.05) is 20.8 Å². The third-order valence-electron chi connectivity index (χ3n) is 4.48. The zero-order valence-corrected chi connectivity index (χ0v) is 11.1. The van der Waals surface area contributed by atoms with Crippen molar-refractivity contribution < 1.29 is 0 Å². The van der Waals surface area contributed by atoms with Gasteiger partial charge >= 0.3 is 0 Å². The topological polar surface area (TPSA) is 18.5 Å². The summed E-state index contributed by atoms with van der Waals surface area (Å²) in [5.74, 6) is 0. The first-order valence-corrected chi connectivity index (χ1v) is 6.80. The van der Waals surface area contributed by atoms with Crippen LogP contribution in [0.1, 0.15) is 27.2 Å². The minimum Gasteiger partial charge on any atom is -0.315 e. The van der Waals surface area contributed by atoms with E-state index in [-0.39, 0.29) is 0 Å². The van der Waals surface area contributed by atoms with Crippen LogP contribution < -0.4 is 5.32 Å². The van der Waals surface area contributed by atoms with E-state index in [0.717, 1.165) is 6.04 Å². The molecule has 0 aromatic rings. The second-order valence-electron chi connectivity index (χ2n) is 5.93. The maximum Gasteiger partial charge on any atom is 0.0273 e. The van der Waals surface area contributed by atoms with E-state index < -0.39 is 0 Å². The van der Waals surface area contributed by atoms with E-state index in [0.29, 0.717) is 5.41 Å². The lowest BCUT2D eigenvalue weighted by molar-refractivity contribution is 0.0230. The quantitative estimate of drug-likeness (QED) is 0.757. The largest absolute Gasteiger partial charge is 0.315 e. The van der Waals surface area contributed by atoms with Gasteiger partial charge in [-0.3, -0.25) is 4.90 Å². The molecule has 2 saturated heterocycles. The SMILES string of the molecule is CCN1CCN(C2CNCCC2(C)C)CC1. The van der Waals surface area contributed by atoms with Crippen molar-refractivity contribution in [3.63, 3.8) is 0 Å². The molecule has 2 aliphatic rings. The molecule has 3 nitrogen and oxygen atoms in total. The fraction of sp³-hybridized carbons (Fsp3) is 1.00. The number of piperazine rings is 1. The molecule has 0 radical (unpaired) electrons. The second kappa shape index (κ2) is 5.03. The van der Waals surface area contributed by atoms with Crippen LogP contribution in [-0.4, -0.2) is 61.7 Å². The Morgan fingerprint density at radius 3 is 2.44 bits per heavy atom. The predicted molar refractivity (Wildman–Crippen MR) is 68.7 cm³/mol. The van der Waals surface area contributed by atoms with E-state index in [1.807, 2.05) is 0 Å². The van der Waals surface area contributed by atoms with Crippen molar-refractivity contribution in [1.29, 1.82) is 0 Å². The predicted octanol–water partition coefficient (Wildman–Crippen LogP) is 1.01. The van der Waals surface area contributed by atoms with E-state index in [1.165, 1.54) is 52.2 Å². The molecule has 0 amide bonds. The Labute approximate surface area is 100 Å². The van der Waals surface area contributed by atoms with E-state index in [1.54, 1.807) is 0 Å². The van der Waals surface area contributed by atoms with Gasteiger partial charge in [0, 0.05) is 38.8 Å². The van der Waals surface area contributed by atoms with Crippen LogP contribution in [0.2, 0.25) is 0 Å². The zero-order chi connectivity index (χ0) is 11.6. The molecule has 2 rings (SSSR count). The molecule has 0 aromatic carbocycles. The van der Waals surface area contributed by atoms with Gasteiger partial charge in [0.2, 0.25) is 0 Å². The third kappa shape index (κ3) is 2.58. The van der Waals surface area contributed by atoms with Crippen LogP contribution in [0.3, 0.4) is 0 Å². The Morgan fingerprint density at radius 1 is 1.19 bits per heavy atom. The molecule has 0 aromatic heterocycles. The van der Waals surface area contributed by atoms with Crippen LogP contribution in [0.5, 0.6) is 0 Å². The molecule has 3 heteroatoms. The first-order chi connectivity index (χ1) is 7.63. The Balaban J connectivity index is 1.92. The highest BCUT2D eigenvalue weighted by molar-refractivity contribution is 4.93. The van der Waals surface area contributed by atoms with Crippen molar-refractivity contribution in [2.75, 3.05) is 45.8 Å². The molecule has 0 spiro atoms. The minimum atomic E-state index is 0.486. The van der Waals surface area contributed by atoms with Crippen molar-refractivity contribution in [1.82, 2.24) is 15.1 Å².